The highest BCUT2D eigenvalue weighted by Crippen LogP contribution is 1.99. The van der Waals surface area contributed by atoms with Gasteiger partial charge in [-0.25, -0.2) is 4.79 Å². The second-order valence-electron chi connectivity index (χ2n) is 2.85. The second kappa shape index (κ2) is 5.08. The number of unbranched alkanes of at least 4 members (excludes halogenated alkanes) is 1. The monoisotopic (exact) mass is 213 g/mol. The predicted molar refractivity (Wildman–Crippen MR) is 49.8 cm³/mol. The highest BCUT2D eigenvalue weighted by Gasteiger charge is 2.18. The van der Waals surface area contributed by atoms with E-state index in [9.17, 15) is 14.9 Å². The molecule has 1 aromatic heterocycles. The molecule has 0 saturated heterocycles. The van der Waals surface area contributed by atoms with E-state index in [0.717, 1.165) is 19.0 Å². The van der Waals surface area contributed by atoms with Crippen LogP contribution in [0.15, 0.2) is 12.3 Å². The quantitative estimate of drug-likeness (QED) is 0.313. The van der Waals surface area contributed by atoms with E-state index in [4.69, 9.17) is 4.74 Å². The molecule has 0 atom stereocenters. The molecule has 0 bridgehead atoms. The van der Waals surface area contributed by atoms with Gasteiger partial charge in [0.25, 0.3) is 5.69 Å². The highest BCUT2D eigenvalue weighted by molar-refractivity contribution is 5.86. The third kappa shape index (κ3) is 3.04. The SMILES string of the molecule is CCCCOC(=O)c1ccn([N+](=O)[O-])n1. The molecule has 0 fully saturated rings. The number of nitro groups is 1. The van der Waals surface area contributed by atoms with Gasteiger partial charge in [-0.05, 0) is 6.42 Å². The third-order valence-electron chi connectivity index (χ3n) is 1.68. The first-order chi connectivity index (χ1) is 7.15. The van der Waals surface area contributed by atoms with Crippen molar-refractivity contribution < 1.29 is 14.6 Å². The van der Waals surface area contributed by atoms with E-state index in [0.29, 0.717) is 11.4 Å². The summed E-state index contributed by atoms with van der Waals surface area (Å²) in [5.41, 5.74) is -0.0530. The van der Waals surface area contributed by atoms with Crippen LogP contribution in [-0.2, 0) is 4.74 Å². The molecule has 0 unspecified atom stereocenters. The molecule has 0 saturated carbocycles. The zero-order chi connectivity index (χ0) is 11.3. The molecule has 0 radical (unpaired) electrons. The number of nitrogens with zero attached hydrogens (tertiary/aromatic N) is 3. The molecule has 0 aliphatic carbocycles. The molecule has 1 rings (SSSR count). The van der Waals surface area contributed by atoms with E-state index in [1.807, 2.05) is 6.92 Å². The summed E-state index contributed by atoms with van der Waals surface area (Å²) >= 11 is 0. The maximum Gasteiger partial charge on any atom is 0.385 e. The minimum absolute atomic E-state index is 0.0530. The molecule has 1 aromatic rings. The van der Waals surface area contributed by atoms with Gasteiger partial charge in [0, 0.05) is 10.9 Å². The lowest BCUT2D eigenvalue weighted by atomic mass is 10.4. The Bertz CT molecular complexity index is 361. The lowest BCUT2D eigenvalue weighted by Gasteiger charge is -1.97. The van der Waals surface area contributed by atoms with Crippen LogP contribution < -0.4 is 0 Å². The summed E-state index contributed by atoms with van der Waals surface area (Å²) in [5, 5.41) is 12.9. The molecule has 1 heterocycles. The molecule has 7 heteroatoms. The van der Waals surface area contributed by atoms with Gasteiger partial charge in [-0.1, -0.05) is 13.3 Å². The van der Waals surface area contributed by atoms with Gasteiger partial charge in [-0.3, -0.25) is 0 Å². The molecule has 15 heavy (non-hydrogen) atoms. The fourth-order valence-corrected chi connectivity index (χ4v) is 0.897. The van der Waals surface area contributed by atoms with Crippen LogP contribution in [0.2, 0.25) is 0 Å². The largest absolute Gasteiger partial charge is 0.459 e. The van der Waals surface area contributed by atoms with Crippen LogP contribution in [0.1, 0.15) is 30.3 Å². The Morgan fingerprint density at radius 1 is 1.73 bits per heavy atom. The van der Waals surface area contributed by atoms with Crippen molar-refractivity contribution in [3.63, 3.8) is 0 Å². The van der Waals surface area contributed by atoms with Crippen molar-refractivity contribution in [1.29, 1.82) is 0 Å². The minimum atomic E-state index is -0.733. The van der Waals surface area contributed by atoms with E-state index in [2.05, 4.69) is 5.10 Å². The molecule has 0 aromatic carbocycles. The molecule has 7 nitrogen and oxygen atoms in total. The lowest BCUT2D eigenvalue weighted by molar-refractivity contribution is -0.552. The first kappa shape index (κ1) is 11.2. The molecular weight excluding hydrogens is 202 g/mol. The summed E-state index contributed by atoms with van der Waals surface area (Å²) < 4.78 is 4.82. The van der Waals surface area contributed by atoms with E-state index >= 15 is 0 Å². The fraction of sp³-hybridized carbons (Fsp3) is 0.500. The second-order valence-corrected chi connectivity index (χ2v) is 2.85. The average molecular weight is 213 g/mol. The smallest absolute Gasteiger partial charge is 0.385 e. The van der Waals surface area contributed by atoms with Crippen molar-refractivity contribution in [3.05, 3.63) is 28.1 Å². The first-order valence-corrected chi connectivity index (χ1v) is 4.52. The van der Waals surface area contributed by atoms with E-state index in [1.54, 1.807) is 0 Å². The number of ether oxygens (including phenoxy) is 1. The van der Waals surface area contributed by atoms with Crippen LogP contribution >= 0.6 is 0 Å². The Labute approximate surface area is 85.8 Å². The average Bonchev–Trinajstić information content (AvgIpc) is 2.66. The van der Waals surface area contributed by atoms with E-state index in [1.165, 1.54) is 6.07 Å². The summed E-state index contributed by atoms with van der Waals surface area (Å²) in [6.07, 6.45) is 2.77. The molecule has 0 amide bonds. The normalized spacial score (nSPS) is 9.93. The summed E-state index contributed by atoms with van der Waals surface area (Å²) in [5.74, 6) is -0.635. The van der Waals surface area contributed by atoms with Crippen molar-refractivity contribution in [2.24, 2.45) is 0 Å². The van der Waals surface area contributed by atoms with Gasteiger partial charge < -0.3 is 14.9 Å². The van der Waals surface area contributed by atoms with E-state index < -0.39 is 11.0 Å². The predicted octanol–water partition coefficient (Wildman–Crippen LogP) is 0.880. The van der Waals surface area contributed by atoms with Crippen LogP contribution in [0.5, 0.6) is 0 Å². The first-order valence-electron chi connectivity index (χ1n) is 4.52. The zero-order valence-electron chi connectivity index (χ0n) is 8.25. The maximum absolute atomic E-state index is 11.2. The van der Waals surface area contributed by atoms with Gasteiger partial charge in [0.15, 0.2) is 0 Å². The topological polar surface area (TPSA) is 87.3 Å². The molecular formula is C8H11N3O4. The third-order valence-corrected chi connectivity index (χ3v) is 1.68. The van der Waals surface area contributed by atoms with Crippen molar-refractivity contribution in [3.8, 4) is 0 Å². The Balaban J connectivity index is 2.54. The number of aromatic nitrogens is 2. The number of carbonyl (C=O) groups excluding carboxylic acids is 1. The Morgan fingerprint density at radius 3 is 3.00 bits per heavy atom. The van der Waals surface area contributed by atoms with Crippen molar-refractivity contribution in [2.75, 3.05) is 6.61 Å². The van der Waals surface area contributed by atoms with Crippen LogP contribution in [0, 0.1) is 10.1 Å². The van der Waals surface area contributed by atoms with Gasteiger partial charge in [0.1, 0.15) is 6.20 Å². The molecule has 0 N–H and O–H groups in total. The van der Waals surface area contributed by atoms with Gasteiger partial charge in [0.05, 0.1) is 16.7 Å². The van der Waals surface area contributed by atoms with Gasteiger partial charge in [-0.15, -0.1) is 0 Å². The standard InChI is InChI=1S/C8H11N3O4/c1-2-3-6-15-8(12)7-4-5-10(9-7)11(13)14/h4-5H,2-3,6H2,1H3. The summed E-state index contributed by atoms with van der Waals surface area (Å²) in [4.78, 5) is 22.0. The van der Waals surface area contributed by atoms with Gasteiger partial charge >= 0.3 is 5.97 Å². The van der Waals surface area contributed by atoms with Crippen LogP contribution in [0.25, 0.3) is 0 Å². The highest BCUT2D eigenvalue weighted by atomic mass is 16.7. The number of rotatable bonds is 5. The summed E-state index contributed by atoms with van der Waals surface area (Å²) in [6.45, 7) is 2.27. The number of hydrogen-bond donors (Lipinski definition) is 0. The van der Waals surface area contributed by atoms with Crippen LogP contribution in [0.3, 0.4) is 0 Å². The molecule has 0 aliphatic rings. The van der Waals surface area contributed by atoms with Crippen molar-refractivity contribution in [2.45, 2.75) is 19.8 Å². The van der Waals surface area contributed by atoms with Crippen molar-refractivity contribution in [1.82, 2.24) is 9.89 Å². The Kier molecular flexibility index (Phi) is 3.78. The fourth-order valence-electron chi connectivity index (χ4n) is 0.897. The van der Waals surface area contributed by atoms with Crippen LogP contribution in [-0.4, -0.2) is 27.5 Å². The lowest BCUT2D eigenvalue weighted by Crippen LogP contribution is -2.12. The summed E-state index contributed by atoms with van der Waals surface area (Å²) in [7, 11) is 0. The maximum atomic E-state index is 11.2. The Hall–Kier alpha value is -1.92. The summed E-state index contributed by atoms with van der Waals surface area (Å²) in [6, 6.07) is 1.25. The van der Waals surface area contributed by atoms with Crippen molar-refractivity contribution >= 4 is 5.97 Å². The van der Waals surface area contributed by atoms with Gasteiger partial charge in [-0.2, -0.15) is 0 Å². The Morgan fingerprint density at radius 2 is 2.47 bits per heavy atom. The minimum Gasteiger partial charge on any atom is -0.459 e. The molecule has 82 valence electrons. The molecule has 0 aliphatic heterocycles. The number of hydrogen-bond acceptors (Lipinski definition) is 5. The number of esters is 1. The van der Waals surface area contributed by atoms with Crippen LogP contribution in [0.4, 0.5) is 0 Å². The van der Waals surface area contributed by atoms with Gasteiger partial charge in [0.2, 0.25) is 0 Å². The number of carbonyl (C=O) groups is 1. The van der Waals surface area contributed by atoms with E-state index in [-0.39, 0.29) is 5.69 Å². The molecule has 0 spiro atoms. The zero-order valence-corrected chi connectivity index (χ0v) is 8.25.